The van der Waals surface area contributed by atoms with E-state index in [0.29, 0.717) is 5.41 Å². The molecule has 0 aliphatic heterocycles. The van der Waals surface area contributed by atoms with Gasteiger partial charge in [-0.2, -0.15) is 0 Å². The zero-order valence-electron chi connectivity index (χ0n) is 11.8. The van der Waals surface area contributed by atoms with Crippen LogP contribution in [0, 0.1) is 11.2 Å². The van der Waals surface area contributed by atoms with E-state index in [9.17, 15) is 4.39 Å². The molecule has 106 valence electrons. The van der Waals surface area contributed by atoms with Crippen LogP contribution in [0.25, 0.3) is 0 Å². The quantitative estimate of drug-likeness (QED) is 0.782. The molecule has 1 unspecified atom stereocenters. The maximum Gasteiger partial charge on any atom is 0.124 e. The Kier molecular flexibility index (Phi) is 5.02. The van der Waals surface area contributed by atoms with Crippen molar-refractivity contribution in [3.63, 3.8) is 0 Å². The Bertz CT molecular complexity index is 427. The Morgan fingerprint density at radius 1 is 1.37 bits per heavy atom. The number of benzene rings is 1. The minimum Gasteiger partial charge on any atom is -0.310 e. The van der Waals surface area contributed by atoms with Crippen LogP contribution in [-0.2, 0) is 0 Å². The molecule has 1 nitrogen and oxygen atoms in total. The summed E-state index contributed by atoms with van der Waals surface area (Å²) >= 11 is 3.45. The van der Waals surface area contributed by atoms with Gasteiger partial charge in [-0.15, -0.1) is 0 Å². The third kappa shape index (κ3) is 3.57. The molecule has 1 aromatic rings. The summed E-state index contributed by atoms with van der Waals surface area (Å²) in [6, 6.07) is 5.19. The topological polar surface area (TPSA) is 12.0 Å². The van der Waals surface area contributed by atoms with Gasteiger partial charge < -0.3 is 5.32 Å². The van der Waals surface area contributed by atoms with Crippen LogP contribution in [-0.4, -0.2) is 6.54 Å². The summed E-state index contributed by atoms with van der Waals surface area (Å²) in [5.74, 6) is -0.191. The highest BCUT2D eigenvalue weighted by Crippen LogP contribution is 2.40. The van der Waals surface area contributed by atoms with E-state index < -0.39 is 0 Å². The summed E-state index contributed by atoms with van der Waals surface area (Å²) in [4.78, 5) is 0. The second-order valence-electron chi connectivity index (χ2n) is 5.83. The lowest BCUT2D eigenvalue weighted by Gasteiger charge is -2.30. The second-order valence-corrected chi connectivity index (χ2v) is 6.68. The van der Waals surface area contributed by atoms with E-state index in [1.54, 1.807) is 6.07 Å². The van der Waals surface area contributed by atoms with Gasteiger partial charge >= 0.3 is 0 Å². The fourth-order valence-corrected chi connectivity index (χ4v) is 3.81. The van der Waals surface area contributed by atoms with Gasteiger partial charge in [-0.25, -0.2) is 4.39 Å². The lowest BCUT2D eigenvalue weighted by atomic mass is 9.83. The van der Waals surface area contributed by atoms with Crippen LogP contribution in [0.1, 0.15) is 57.6 Å². The van der Waals surface area contributed by atoms with E-state index in [-0.39, 0.29) is 11.9 Å². The number of rotatable bonds is 5. The lowest BCUT2D eigenvalue weighted by Crippen LogP contribution is -2.33. The van der Waals surface area contributed by atoms with Crippen LogP contribution < -0.4 is 5.32 Å². The lowest BCUT2D eigenvalue weighted by molar-refractivity contribution is 0.258. The zero-order valence-corrected chi connectivity index (χ0v) is 13.4. The van der Waals surface area contributed by atoms with Crippen molar-refractivity contribution >= 4 is 15.9 Å². The highest BCUT2D eigenvalue weighted by atomic mass is 79.9. The first-order valence-corrected chi connectivity index (χ1v) is 8.04. The summed E-state index contributed by atoms with van der Waals surface area (Å²) in [6.07, 6.45) is 6.66. The molecule has 0 radical (unpaired) electrons. The molecule has 1 N–H and O–H groups in total. The number of hydrogen-bond acceptors (Lipinski definition) is 1. The summed E-state index contributed by atoms with van der Waals surface area (Å²) in [6.45, 7) is 5.51. The molecule has 1 aliphatic rings. The smallest absolute Gasteiger partial charge is 0.124 e. The van der Waals surface area contributed by atoms with E-state index in [1.165, 1.54) is 38.2 Å². The molecular weight excluding hydrogens is 305 g/mol. The highest BCUT2D eigenvalue weighted by Gasteiger charge is 2.32. The summed E-state index contributed by atoms with van der Waals surface area (Å²) < 4.78 is 14.0. The molecule has 0 bridgehead atoms. The predicted molar refractivity (Wildman–Crippen MR) is 81.7 cm³/mol. The van der Waals surface area contributed by atoms with Gasteiger partial charge in [0.1, 0.15) is 5.82 Å². The van der Waals surface area contributed by atoms with Gasteiger partial charge in [0.05, 0.1) is 0 Å². The maximum atomic E-state index is 13.1. The first kappa shape index (κ1) is 15.0. The van der Waals surface area contributed by atoms with E-state index in [2.05, 4.69) is 35.1 Å². The SMILES string of the molecule is CCC1(CNC(C)c2ccc(F)cc2Br)CCCC1. The van der Waals surface area contributed by atoms with Gasteiger partial charge in [-0.1, -0.05) is 41.8 Å². The van der Waals surface area contributed by atoms with Crippen LogP contribution in [0.4, 0.5) is 4.39 Å². The van der Waals surface area contributed by atoms with Crippen molar-refractivity contribution in [3.05, 3.63) is 34.1 Å². The number of hydrogen-bond donors (Lipinski definition) is 1. The predicted octanol–water partition coefficient (Wildman–Crippen LogP) is 5.21. The summed E-state index contributed by atoms with van der Waals surface area (Å²) in [5.41, 5.74) is 1.62. The van der Waals surface area contributed by atoms with Crippen LogP contribution in [0.15, 0.2) is 22.7 Å². The van der Waals surface area contributed by atoms with Crippen LogP contribution in [0.3, 0.4) is 0 Å². The first-order chi connectivity index (χ1) is 9.06. The minimum atomic E-state index is -0.191. The van der Waals surface area contributed by atoms with E-state index in [4.69, 9.17) is 0 Å². The van der Waals surface area contributed by atoms with Crippen molar-refractivity contribution in [2.75, 3.05) is 6.54 Å². The molecule has 0 aromatic heterocycles. The third-order valence-electron chi connectivity index (χ3n) is 4.63. The van der Waals surface area contributed by atoms with E-state index >= 15 is 0 Å². The van der Waals surface area contributed by atoms with Crippen LogP contribution >= 0.6 is 15.9 Å². The molecule has 2 rings (SSSR count). The Labute approximate surface area is 124 Å². The van der Waals surface area contributed by atoms with Gasteiger partial charge in [0.25, 0.3) is 0 Å². The fourth-order valence-electron chi connectivity index (χ4n) is 3.11. The van der Waals surface area contributed by atoms with Crippen LogP contribution in [0.5, 0.6) is 0 Å². The van der Waals surface area contributed by atoms with Gasteiger partial charge in [0.2, 0.25) is 0 Å². The van der Waals surface area contributed by atoms with Crippen LogP contribution in [0.2, 0.25) is 0 Å². The Balaban J connectivity index is 1.99. The third-order valence-corrected chi connectivity index (χ3v) is 5.31. The van der Waals surface area contributed by atoms with Crippen molar-refractivity contribution in [1.82, 2.24) is 5.32 Å². The molecule has 0 amide bonds. The van der Waals surface area contributed by atoms with Crippen molar-refractivity contribution < 1.29 is 4.39 Å². The molecular formula is C16H23BrFN. The van der Waals surface area contributed by atoms with Gasteiger partial charge in [0, 0.05) is 17.1 Å². The molecule has 1 aliphatic carbocycles. The van der Waals surface area contributed by atoms with Gasteiger partial charge in [-0.05, 0) is 49.3 Å². The molecule has 0 heterocycles. The highest BCUT2D eigenvalue weighted by molar-refractivity contribution is 9.10. The molecule has 0 saturated heterocycles. The molecule has 1 saturated carbocycles. The molecule has 19 heavy (non-hydrogen) atoms. The zero-order chi connectivity index (χ0) is 13.9. The van der Waals surface area contributed by atoms with Gasteiger partial charge in [0.15, 0.2) is 0 Å². The molecule has 1 fully saturated rings. The molecule has 1 atom stereocenters. The Morgan fingerprint density at radius 2 is 2.05 bits per heavy atom. The molecule has 3 heteroatoms. The average molecular weight is 328 g/mol. The van der Waals surface area contributed by atoms with Crippen molar-refractivity contribution in [3.8, 4) is 0 Å². The largest absolute Gasteiger partial charge is 0.310 e. The summed E-state index contributed by atoms with van der Waals surface area (Å²) in [5, 5.41) is 3.64. The van der Waals surface area contributed by atoms with Crippen molar-refractivity contribution in [2.45, 2.75) is 52.0 Å². The van der Waals surface area contributed by atoms with E-state index in [1.807, 2.05) is 6.07 Å². The Morgan fingerprint density at radius 3 is 2.63 bits per heavy atom. The van der Waals surface area contributed by atoms with Crippen molar-refractivity contribution in [1.29, 1.82) is 0 Å². The second kappa shape index (κ2) is 6.36. The average Bonchev–Trinajstić information content (AvgIpc) is 2.85. The fraction of sp³-hybridized carbons (Fsp3) is 0.625. The standard InChI is InChI=1S/C16H23BrFN/c1-3-16(8-4-5-9-16)11-19-12(2)14-7-6-13(18)10-15(14)17/h6-7,10,12,19H,3-5,8-9,11H2,1-2H3. The first-order valence-electron chi connectivity index (χ1n) is 7.25. The number of halogens is 2. The molecule has 1 aromatic carbocycles. The normalized spacial score (nSPS) is 19.6. The summed E-state index contributed by atoms with van der Waals surface area (Å²) in [7, 11) is 0. The maximum absolute atomic E-state index is 13.1. The van der Waals surface area contributed by atoms with E-state index in [0.717, 1.165) is 16.6 Å². The van der Waals surface area contributed by atoms with Gasteiger partial charge in [-0.3, -0.25) is 0 Å². The Hall–Kier alpha value is -0.410. The molecule has 0 spiro atoms. The number of nitrogens with one attached hydrogen (secondary N) is 1. The monoisotopic (exact) mass is 327 g/mol. The minimum absolute atomic E-state index is 0.191. The van der Waals surface area contributed by atoms with Crippen molar-refractivity contribution in [2.24, 2.45) is 5.41 Å².